The summed E-state index contributed by atoms with van der Waals surface area (Å²) >= 11 is 0. The molecule has 2 rings (SSSR count). The van der Waals surface area contributed by atoms with E-state index in [0.717, 1.165) is 29.8 Å². The first-order valence-corrected chi connectivity index (χ1v) is 9.26. The van der Waals surface area contributed by atoms with Crippen molar-refractivity contribution in [3.63, 3.8) is 0 Å². The Morgan fingerprint density at radius 1 is 1.33 bits per heavy atom. The highest BCUT2D eigenvalue weighted by molar-refractivity contribution is 7.85. The molecule has 1 aliphatic rings. The molecule has 0 saturated heterocycles. The van der Waals surface area contributed by atoms with Crippen molar-refractivity contribution in [3.8, 4) is 0 Å². The van der Waals surface area contributed by atoms with Gasteiger partial charge in [-0.05, 0) is 56.7 Å². The Morgan fingerprint density at radius 3 is 2.67 bits per heavy atom. The molecular formula is C18H29NOS. The third kappa shape index (κ3) is 3.95. The van der Waals surface area contributed by atoms with Crippen molar-refractivity contribution in [3.05, 3.63) is 29.3 Å². The molecule has 0 spiro atoms. The molecule has 3 unspecified atom stereocenters. The van der Waals surface area contributed by atoms with Crippen molar-refractivity contribution >= 4 is 10.8 Å². The number of hydrogen-bond acceptors (Lipinski definition) is 2. The molecule has 0 amide bonds. The maximum Gasteiger partial charge on any atom is 0.0579 e. The van der Waals surface area contributed by atoms with Crippen molar-refractivity contribution in [1.29, 1.82) is 0 Å². The molecule has 0 radical (unpaired) electrons. The Hall–Kier alpha value is -0.670. The average Bonchev–Trinajstić information content (AvgIpc) is 2.40. The van der Waals surface area contributed by atoms with Gasteiger partial charge >= 0.3 is 0 Å². The molecule has 1 N–H and O–H groups in total. The van der Waals surface area contributed by atoms with Gasteiger partial charge in [0, 0.05) is 10.9 Å². The van der Waals surface area contributed by atoms with E-state index < -0.39 is 10.8 Å². The van der Waals surface area contributed by atoms with Gasteiger partial charge in [-0.1, -0.05) is 38.5 Å². The van der Waals surface area contributed by atoms with Crippen LogP contribution in [0.1, 0.15) is 51.2 Å². The molecule has 1 saturated carbocycles. The number of benzene rings is 1. The zero-order valence-corrected chi connectivity index (χ0v) is 14.8. The van der Waals surface area contributed by atoms with Crippen LogP contribution in [0.3, 0.4) is 0 Å². The first-order chi connectivity index (χ1) is 9.84. The van der Waals surface area contributed by atoms with Crippen LogP contribution in [0, 0.1) is 19.3 Å². The van der Waals surface area contributed by atoms with E-state index in [1.807, 2.05) is 0 Å². The van der Waals surface area contributed by atoms with Gasteiger partial charge in [0.1, 0.15) is 0 Å². The van der Waals surface area contributed by atoms with Crippen LogP contribution in [0.25, 0.3) is 0 Å². The van der Waals surface area contributed by atoms with Gasteiger partial charge in [-0.3, -0.25) is 4.21 Å². The van der Waals surface area contributed by atoms with Crippen molar-refractivity contribution in [2.24, 2.45) is 5.41 Å². The fourth-order valence-electron chi connectivity index (χ4n) is 3.43. The fraction of sp³-hybridized carbons (Fsp3) is 0.667. The first-order valence-electron chi connectivity index (χ1n) is 8.05. The zero-order chi connectivity index (χ0) is 15.6. The van der Waals surface area contributed by atoms with E-state index >= 15 is 0 Å². The lowest BCUT2D eigenvalue weighted by Gasteiger charge is -2.40. The normalized spacial score (nSPS) is 26.5. The second-order valence-electron chi connectivity index (χ2n) is 7.18. The second kappa shape index (κ2) is 6.62. The molecule has 2 nitrogen and oxygen atoms in total. The summed E-state index contributed by atoms with van der Waals surface area (Å²) in [6.07, 6.45) is 3.37. The van der Waals surface area contributed by atoms with Gasteiger partial charge in [-0.2, -0.15) is 0 Å². The lowest BCUT2D eigenvalue weighted by atomic mass is 9.75. The fourth-order valence-corrected chi connectivity index (χ4v) is 5.47. The van der Waals surface area contributed by atoms with Gasteiger partial charge in [0.2, 0.25) is 0 Å². The van der Waals surface area contributed by atoms with Crippen molar-refractivity contribution in [2.45, 2.75) is 70.1 Å². The molecule has 0 aromatic heterocycles. The standard InChI is InChI=1S/C18H29NOS/c1-6-19-15-9-10-18(4,5)12-17(15)21(20)16-8-7-13(2)11-14(16)3/h7-8,11,15,17,19H,6,9-10,12H2,1-5H3. The maximum atomic E-state index is 13.2. The summed E-state index contributed by atoms with van der Waals surface area (Å²) in [5, 5.41) is 3.78. The summed E-state index contributed by atoms with van der Waals surface area (Å²) in [4.78, 5) is 1.02. The molecule has 0 aliphatic heterocycles. The van der Waals surface area contributed by atoms with E-state index in [0.29, 0.717) is 11.5 Å². The molecule has 0 bridgehead atoms. The van der Waals surface area contributed by atoms with E-state index in [2.05, 4.69) is 58.1 Å². The molecule has 1 fully saturated rings. The summed E-state index contributed by atoms with van der Waals surface area (Å²) in [6.45, 7) is 11.9. The molecule has 21 heavy (non-hydrogen) atoms. The molecule has 3 atom stereocenters. The largest absolute Gasteiger partial charge is 0.313 e. The van der Waals surface area contributed by atoms with Gasteiger partial charge in [0.05, 0.1) is 16.0 Å². The molecular weight excluding hydrogens is 278 g/mol. The van der Waals surface area contributed by atoms with Crippen LogP contribution in [-0.4, -0.2) is 22.0 Å². The minimum absolute atomic E-state index is 0.218. The van der Waals surface area contributed by atoms with Gasteiger partial charge in [-0.25, -0.2) is 0 Å². The van der Waals surface area contributed by atoms with Crippen LogP contribution < -0.4 is 5.32 Å². The van der Waals surface area contributed by atoms with Crippen LogP contribution >= 0.6 is 0 Å². The van der Waals surface area contributed by atoms with E-state index in [4.69, 9.17) is 0 Å². The Labute approximate surface area is 132 Å². The summed E-state index contributed by atoms with van der Waals surface area (Å²) < 4.78 is 13.2. The van der Waals surface area contributed by atoms with E-state index in [-0.39, 0.29) is 5.25 Å². The molecule has 118 valence electrons. The average molecular weight is 308 g/mol. The van der Waals surface area contributed by atoms with Crippen LogP contribution in [0.15, 0.2) is 23.1 Å². The third-order valence-electron chi connectivity index (χ3n) is 4.62. The molecule has 1 aromatic carbocycles. The lowest BCUT2D eigenvalue weighted by molar-refractivity contribution is 0.213. The molecule has 1 aliphatic carbocycles. The van der Waals surface area contributed by atoms with Crippen LogP contribution in [0.2, 0.25) is 0 Å². The van der Waals surface area contributed by atoms with Gasteiger partial charge in [0.25, 0.3) is 0 Å². The molecule has 1 aromatic rings. The summed E-state index contributed by atoms with van der Waals surface area (Å²) in [5.41, 5.74) is 2.69. The topological polar surface area (TPSA) is 29.1 Å². The van der Waals surface area contributed by atoms with E-state index in [9.17, 15) is 4.21 Å². The smallest absolute Gasteiger partial charge is 0.0579 e. The number of hydrogen-bond donors (Lipinski definition) is 1. The zero-order valence-electron chi connectivity index (χ0n) is 14.0. The molecule has 3 heteroatoms. The highest BCUT2D eigenvalue weighted by Crippen LogP contribution is 2.39. The van der Waals surface area contributed by atoms with Crippen LogP contribution in [-0.2, 0) is 10.8 Å². The Bertz CT molecular complexity index is 524. The number of rotatable bonds is 4. The summed E-state index contributed by atoms with van der Waals surface area (Å²) in [6, 6.07) is 6.66. The van der Waals surface area contributed by atoms with E-state index in [1.165, 1.54) is 12.0 Å². The SMILES string of the molecule is CCNC1CCC(C)(C)CC1S(=O)c1ccc(C)cc1C. The Kier molecular flexibility index (Phi) is 5.26. The predicted octanol–water partition coefficient (Wildman–Crippen LogP) is 3.97. The minimum atomic E-state index is -0.930. The van der Waals surface area contributed by atoms with Gasteiger partial charge in [0.15, 0.2) is 0 Å². The number of aryl methyl sites for hydroxylation is 2. The minimum Gasteiger partial charge on any atom is -0.313 e. The lowest BCUT2D eigenvalue weighted by Crippen LogP contribution is -2.48. The second-order valence-corrected chi connectivity index (χ2v) is 8.82. The quantitative estimate of drug-likeness (QED) is 0.912. The monoisotopic (exact) mass is 307 g/mol. The highest BCUT2D eigenvalue weighted by atomic mass is 32.2. The number of nitrogens with one attached hydrogen (secondary N) is 1. The van der Waals surface area contributed by atoms with Crippen molar-refractivity contribution in [1.82, 2.24) is 5.32 Å². The molecule has 0 heterocycles. The Balaban J connectivity index is 2.28. The van der Waals surface area contributed by atoms with Crippen molar-refractivity contribution < 1.29 is 4.21 Å². The van der Waals surface area contributed by atoms with Crippen molar-refractivity contribution in [2.75, 3.05) is 6.54 Å². The maximum absolute atomic E-state index is 13.2. The summed E-state index contributed by atoms with van der Waals surface area (Å²) in [7, 11) is -0.930. The third-order valence-corrected chi connectivity index (χ3v) is 6.56. The highest BCUT2D eigenvalue weighted by Gasteiger charge is 2.38. The van der Waals surface area contributed by atoms with Crippen LogP contribution in [0.4, 0.5) is 0 Å². The van der Waals surface area contributed by atoms with Gasteiger partial charge < -0.3 is 5.32 Å². The summed E-state index contributed by atoms with van der Waals surface area (Å²) in [5.74, 6) is 0. The van der Waals surface area contributed by atoms with Gasteiger partial charge in [-0.15, -0.1) is 0 Å². The Morgan fingerprint density at radius 2 is 2.05 bits per heavy atom. The predicted molar refractivity (Wildman–Crippen MR) is 91.2 cm³/mol. The first kappa shape index (κ1) is 16.7. The van der Waals surface area contributed by atoms with Crippen LogP contribution in [0.5, 0.6) is 0 Å². The van der Waals surface area contributed by atoms with E-state index in [1.54, 1.807) is 0 Å².